The number of piperidine rings is 1. The SMILES string of the molecule is CS(=O)(=O)N1CCC(NC(=O)c2ccoc2Cl)CC1. The standard InChI is InChI=1S/C11H15ClN2O4S/c1-19(16,17)14-5-2-8(3-6-14)13-11(15)9-4-7-18-10(9)12/h4,7-8H,2-3,5-6H2,1H3,(H,13,15). The molecule has 1 aliphatic rings. The molecule has 1 aromatic rings. The van der Waals surface area contributed by atoms with Gasteiger partial charge in [-0.05, 0) is 30.5 Å². The number of furan rings is 1. The number of hydrogen-bond donors (Lipinski definition) is 1. The second kappa shape index (κ2) is 5.52. The average molecular weight is 307 g/mol. The highest BCUT2D eigenvalue weighted by Crippen LogP contribution is 2.18. The Morgan fingerprint density at radius 2 is 2.11 bits per heavy atom. The number of rotatable bonds is 3. The molecule has 0 aliphatic carbocycles. The van der Waals surface area contributed by atoms with E-state index in [4.69, 9.17) is 16.0 Å². The van der Waals surface area contributed by atoms with Crippen molar-refractivity contribution in [3.8, 4) is 0 Å². The topological polar surface area (TPSA) is 79.6 Å². The van der Waals surface area contributed by atoms with Crippen molar-refractivity contribution in [2.75, 3.05) is 19.3 Å². The molecule has 1 aromatic heterocycles. The zero-order chi connectivity index (χ0) is 14.0. The number of carbonyl (C=O) groups excluding carboxylic acids is 1. The van der Waals surface area contributed by atoms with Gasteiger partial charge in [-0.15, -0.1) is 0 Å². The van der Waals surface area contributed by atoms with Crippen molar-refractivity contribution >= 4 is 27.5 Å². The normalized spacial score (nSPS) is 18.4. The Balaban J connectivity index is 1.90. The molecule has 1 fully saturated rings. The molecule has 2 rings (SSSR count). The predicted octanol–water partition coefficient (Wildman–Crippen LogP) is 1.09. The van der Waals surface area contributed by atoms with Gasteiger partial charge >= 0.3 is 0 Å². The first-order valence-corrected chi connectivity index (χ1v) is 8.09. The van der Waals surface area contributed by atoms with E-state index in [-0.39, 0.29) is 17.2 Å². The molecule has 1 N–H and O–H groups in total. The quantitative estimate of drug-likeness (QED) is 0.906. The van der Waals surface area contributed by atoms with Crippen LogP contribution in [0.25, 0.3) is 0 Å². The Labute approximate surface area is 116 Å². The molecule has 0 saturated carbocycles. The van der Waals surface area contributed by atoms with Crippen LogP contribution in [0.2, 0.25) is 5.22 Å². The van der Waals surface area contributed by atoms with Crippen molar-refractivity contribution in [1.29, 1.82) is 0 Å². The van der Waals surface area contributed by atoms with Crippen LogP contribution in [0.4, 0.5) is 0 Å². The van der Waals surface area contributed by atoms with E-state index in [1.165, 1.54) is 22.9 Å². The van der Waals surface area contributed by atoms with E-state index in [0.717, 1.165) is 0 Å². The van der Waals surface area contributed by atoms with Crippen molar-refractivity contribution in [2.24, 2.45) is 0 Å². The third-order valence-electron chi connectivity index (χ3n) is 3.12. The van der Waals surface area contributed by atoms with Crippen molar-refractivity contribution in [3.63, 3.8) is 0 Å². The van der Waals surface area contributed by atoms with Gasteiger partial charge in [-0.3, -0.25) is 4.79 Å². The maximum absolute atomic E-state index is 11.9. The molecule has 0 radical (unpaired) electrons. The molecule has 8 heteroatoms. The fraction of sp³-hybridized carbons (Fsp3) is 0.545. The largest absolute Gasteiger partial charge is 0.452 e. The Kier molecular flexibility index (Phi) is 4.17. The van der Waals surface area contributed by atoms with Crippen LogP contribution in [-0.4, -0.2) is 44.0 Å². The number of hydrogen-bond acceptors (Lipinski definition) is 4. The molecule has 6 nitrogen and oxygen atoms in total. The molecule has 0 unspecified atom stereocenters. The lowest BCUT2D eigenvalue weighted by Gasteiger charge is -2.30. The molecule has 0 aromatic carbocycles. The summed E-state index contributed by atoms with van der Waals surface area (Å²) in [6.07, 6.45) is 3.73. The van der Waals surface area contributed by atoms with Crippen molar-refractivity contribution in [3.05, 3.63) is 23.1 Å². The highest BCUT2D eigenvalue weighted by Gasteiger charge is 2.26. The van der Waals surface area contributed by atoms with Crippen LogP contribution in [0.3, 0.4) is 0 Å². The van der Waals surface area contributed by atoms with E-state index < -0.39 is 10.0 Å². The first-order chi connectivity index (χ1) is 8.88. The number of halogens is 1. The van der Waals surface area contributed by atoms with E-state index in [2.05, 4.69) is 5.32 Å². The fourth-order valence-electron chi connectivity index (χ4n) is 2.05. The molecule has 0 spiro atoms. The lowest BCUT2D eigenvalue weighted by atomic mass is 10.1. The summed E-state index contributed by atoms with van der Waals surface area (Å²) in [5, 5.41) is 2.89. The lowest BCUT2D eigenvalue weighted by Crippen LogP contribution is -2.46. The maximum atomic E-state index is 11.9. The molecule has 2 heterocycles. The van der Waals surface area contributed by atoms with Gasteiger partial charge in [-0.25, -0.2) is 12.7 Å². The van der Waals surface area contributed by atoms with E-state index in [1.54, 1.807) is 0 Å². The van der Waals surface area contributed by atoms with Gasteiger partial charge in [0.05, 0.1) is 18.1 Å². The van der Waals surface area contributed by atoms with Crippen LogP contribution in [-0.2, 0) is 10.0 Å². The fourth-order valence-corrected chi connectivity index (χ4v) is 3.13. The number of nitrogens with one attached hydrogen (secondary N) is 1. The molecule has 0 atom stereocenters. The van der Waals surface area contributed by atoms with Gasteiger partial charge < -0.3 is 9.73 Å². The Hall–Kier alpha value is -1.05. The van der Waals surface area contributed by atoms with Crippen molar-refractivity contribution < 1.29 is 17.6 Å². The van der Waals surface area contributed by atoms with E-state index in [0.29, 0.717) is 31.5 Å². The average Bonchev–Trinajstić information content (AvgIpc) is 2.75. The number of nitrogens with zero attached hydrogens (tertiary/aromatic N) is 1. The van der Waals surface area contributed by atoms with Gasteiger partial charge in [0.2, 0.25) is 15.2 Å². The van der Waals surface area contributed by atoms with Crippen LogP contribution in [0, 0.1) is 0 Å². The minimum absolute atomic E-state index is 0.0449. The molecule has 0 bridgehead atoms. The van der Waals surface area contributed by atoms with Crippen LogP contribution in [0.5, 0.6) is 0 Å². The number of sulfonamides is 1. The summed E-state index contributed by atoms with van der Waals surface area (Å²) in [5.74, 6) is -0.295. The predicted molar refractivity (Wildman–Crippen MR) is 70.6 cm³/mol. The van der Waals surface area contributed by atoms with Gasteiger partial charge in [0.25, 0.3) is 5.91 Å². The van der Waals surface area contributed by atoms with Gasteiger partial charge in [0.1, 0.15) is 0 Å². The third-order valence-corrected chi connectivity index (χ3v) is 4.72. The molecule has 106 valence electrons. The summed E-state index contributed by atoms with van der Waals surface area (Å²) < 4.78 is 29.0. The molecule has 1 amide bonds. The zero-order valence-corrected chi connectivity index (χ0v) is 12.0. The second-order valence-corrected chi connectivity index (χ2v) is 6.84. The molecular formula is C11H15ClN2O4S. The van der Waals surface area contributed by atoms with Crippen molar-refractivity contribution in [1.82, 2.24) is 9.62 Å². The van der Waals surface area contributed by atoms with Crippen LogP contribution >= 0.6 is 11.6 Å². The Morgan fingerprint density at radius 3 is 2.58 bits per heavy atom. The monoisotopic (exact) mass is 306 g/mol. The summed E-state index contributed by atoms with van der Waals surface area (Å²) in [7, 11) is -3.14. The van der Waals surface area contributed by atoms with E-state index >= 15 is 0 Å². The first-order valence-electron chi connectivity index (χ1n) is 5.87. The first kappa shape index (κ1) is 14.4. The third kappa shape index (κ3) is 3.49. The highest BCUT2D eigenvalue weighted by molar-refractivity contribution is 7.88. The van der Waals surface area contributed by atoms with Gasteiger partial charge in [0, 0.05) is 19.1 Å². The summed E-state index contributed by atoms with van der Waals surface area (Å²) in [6, 6.07) is 1.46. The van der Waals surface area contributed by atoms with Crippen molar-refractivity contribution in [2.45, 2.75) is 18.9 Å². The van der Waals surface area contributed by atoms with E-state index in [1.807, 2.05) is 0 Å². The summed E-state index contributed by atoms with van der Waals surface area (Å²) in [4.78, 5) is 11.9. The Morgan fingerprint density at radius 1 is 1.47 bits per heavy atom. The number of carbonyl (C=O) groups is 1. The van der Waals surface area contributed by atoms with E-state index in [9.17, 15) is 13.2 Å². The molecule has 1 saturated heterocycles. The van der Waals surface area contributed by atoms with Crippen LogP contribution in [0.1, 0.15) is 23.2 Å². The number of amides is 1. The summed E-state index contributed by atoms with van der Waals surface area (Å²) in [5.41, 5.74) is 0.298. The lowest BCUT2D eigenvalue weighted by molar-refractivity contribution is 0.0923. The highest BCUT2D eigenvalue weighted by atomic mass is 35.5. The zero-order valence-electron chi connectivity index (χ0n) is 10.4. The summed E-state index contributed by atoms with van der Waals surface area (Å²) in [6.45, 7) is 0.839. The molecule has 19 heavy (non-hydrogen) atoms. The second-order valence-electron chi connectivity index (χ2n) is 4.52. The maximum Gasteiger partial charge on any atom is 0.256 e. The minimum Gasteiger partial charge on any atom is -0.452 e. The van der Waals surface area contributed by atoms with Gasteiger partial charge in [-0.1, -0.05) is 0 Å². The van der Waals surface area contributed by atoms with Gasteiger partial charge in [-0.2, -0.15) is 0 Å². The van der Waals surface area contributed by atoms with Crippen LogP contribution < -0.4 is 5.32 Å². The van der Waals surface area contributed by atoms with Gasteiger partial charge in [0.15, 0.2) is 0 Å². The smallest absolute Gasteiger partial charge is 0.256 e. The van der Waals surface area contributed by atoms with Crippen LogP contribution in [0.15, 0.2) is 16.7 Å². The summed E-state index contributed by atoms with van der Waals surface area (Å²) >= 11 is 5.72. The minimum atomic E-state index is -3.14. The Bertz CT molecular complexity index is 561. The molecular weight excluding hydrogens is 292 g/mol. The molecule has 1 aliphatic heterocycles.